The molecule has 0 saturated carbocycles. The van der Waals surface area contributed by atoms with Crippen LogP contribution in [0.2, 0.25) is 0 Å². The van der Waals surface area contributed by atoms with Gasteiger partial charge in [-0.1, -0.05) is 19.1 Å². The summed E-state index contributed by atoms with van der Waals surface area (Å²) in [5, 5.41) is 0. The third kappa shape index (κ3) is 2.61. The summed E-state index contributed by atoms with van der Waals surface area (Å²) in [4.78, 5) is 43.7. The minimum absolute atomic E-state index is 0.296. The second-order valence-corrected chi connectivity index (χ2v) is 6.71. The van der Waals surface area contributed by atoms with Crippen LogP contribution in [-0.2, 0) is 31.4 Å². The van der Waals surface area contributed by atoms with Crippen molar-refractivity contribution < 1.29 is 4.79 Å². The van der Waals surface area contributed by atoms with Gasteiger partial charge in [0.15, 0.2) is 11.2 Å². The van der Waals surface area contributed by atoms with Crippen molar-refractivity contribution in [1.29, 1.82) is 0 Å². The maximum atomic E-state index is 12.9. The highest BCUT2D eigenvalue weighted by Gasteiger charge is 2.29. The lowest BCUT2D eigenvalue weighted by molar-refractivity contribution is -0.121. The van der Waals surface area contributed by atoms with Crippen molar-refractivity contribution in [2.24, 2.45) is 12.9 Å². The number of anilines is 2. The number of nitrogens with zero attached hydrogens (tertiary/aromatic N) is 5. The van der Waals surface area contributed by atoms with Crippen molar-refractivity contribution in [3.8, 4) is 0 Å². The number of amides is 1. The summed E-state index contributed by atoms with van der Waals surface area (Å²) in [6.45, 7) is 2.87. The molecule has 0 fully saturated rings. The van der Waals surface area contributed by atoms with E-state index in [1.54, 1.807) is 4.57 Å². The molecule has 1 aromatic carbocycles. The molecule has 10 heteroatoms. The number of nitrogens with one attached hydrogen (secondary N) is 1. The molecule has 3 heterocycles. The van der Waals surface area contributed by atoms with Crippen molar-refractivity contribution in [2.45, 2.75) is 26.4 Å². The quantitative estimate of drug-likeness (QED) is 0.359. The van der Waals surface area contributed by atoms with E-state index < -0.39 is 23.7 Å². The molecule has 4 rings (SSSR count). The van der Waals surface area contributed by atoms with E-state index in [4.69, 9.17) is 5.84 Å². The summed E-state index contributed by atoms with van der Waals surface area (Å²) in [5.74, 6) is 5.07. The largest absolute Gasteiger partial charge is 0.332 e. The van der Waals surface area contributed by atoms with Crippen LogP contribution in [0.25, 0.3) is 11.2 Å². The smallest absolute Gasteiger partial charge is 0.310 e. The van der Waals surface area contributed by atoms with E-state index >= 15 is 0 Å². The number of hydrazine groups is 1. The second-order valence-electron chi connectivity index (χ2n) is 6.71. The molecule has 0 aliphatic carbocycles. The molecule has 3 N–H and O–H groups in total. The Bertz CT molecular complexity index is 1190. The van der Waals surface area contributed by atoms with Crippen molar-refractivity contribution in [3.05, 3.63) is 50.7 Å². The molecule has 10 nitrogen and oxygen atoms in total. The number of imidazole rings is 1. The van der Waals surface area contributed by atoms with E-state index in [0.717, 1.165) is 16.7 Å². The average molecular weight is 383 g/mol. The summed E-state index contributed by atoms with van der Waals surface area (Å²) in [6, 6.07) is 8.18. The summed E-state index contributed by atoms with van der Waals surface area (Å²) >= 11 is 0. The van der Waals surface area contributed by atoms with Gasteiger partial charge in [0.2, 0.25) is 5.95 Å². The number of fused-ring (bicyclic) bond motifs is 3. The van der Waals surface area contributed by atoms with Gasteiger partial charge >= 0.3 is 5.69 Å². The normalized spacial score (nSPS) is 13.2. The molecule has 0 spiro atoms. The first-order valence-electron chi connectivity index (χ1n) is 9.02. The minimum Gasteiger partial charge on any atom is -0.310 e. The molecule has 0 radical (unpaired) electrons. The summed E-state index contributed by atoms with van der Waals surface area (Å²) in [5.41, 5.74) is 3.58. The predicted molar refractivity (Wildman–Crippen MR) is 104 cm³/mol. The lowest BCUT2D eigenvalue weighted by Crippen LogP contribution is -2.44. The van der Waals surface area contributed by atoms with Crippen LogP contribution in [0.3, 0.4) is 0 Å². The molecule has 28 heavy (non-hydrogen) atoms. The van der Waals surface area contributed by atoms with Crippen LogP contribution in [0.1, 0.15) is 12.5 Å². The number of nitrogens with two attached hydrogens (primary N) is 1. The van der Waals surface area contributed by atoms with Gasteiger partial charge in [-0.15, -0.1) is 0 Å². The van der Waals surface area contributed by atoms with Crippen LogP contribution in [0.15, 0.2) is 33.9 Å². The first-order chi connectivity index (χ1) is 13.5. The van der Waals surface area contributed by atoms with Gasteiger partial charge in [0, 0.05) is 25.8 Å². The van der Waals surface area contributed by atoms with E-state index in [9.17, 15) is 14.4 Å². The maximum Gasteiger partial charge on any atom is 0.332 e. The monoisotopic (exact) mass is 383 g/mol. The van der Waals surface area contributed by atoms with E-state index in [0.29, 0.717) is 30.2 Å². The molecular formula is C18H21N7O3. The molecular weight excluding hydrogens is 362 g/mol. The lowest BCUT2D eigenvalue weighted by Gasteiger charge is -2.16. The zero-order valence-electron chi connectivity index (χ0n) is 15.7. The number of rotatable bonds is 4. The van der Waals surface area contributed by atoms with Gasteiger partial charge in [-0.3, -0.25) is 19.6 Å². The van der Waals surface area contributed by atoms with Crippen LogP contribution in [0, 0.1) is 0 Å². The number of benzene rings is 1. The topological polar surface area (TPSA) is 120 Å². The number of aryl methyl sites for hydroxylation is 2. The molecule has 146 valence electrons. The van der Waals surface area contributed by atoms with E-state index in [2.05, 4.69) is 24.0 Å². The van der Waals surface area contributed by atoms with E-state index in [1.807, 2.05) is 22.5 Å². The van der Waals surface area contributed by atoms with Gasteiger partial charge in [-0.2, -0.15) is 4.98 Å². The molecule has 1 amide bonds. The Morgan fingerprint density at radius 2 is 1.93 bits per heavy atom. The van der Waals surface area contributed by atoms with Crippen molar-refractivity contribution in [2.75, 3.05) is 11.4 Å². The van der Waals surface area contributed by atoms with Crippen LogP contribution in [-0.4, -0.2) is 31.1 Å². The van der Waals surface area contributed by atoms with Gasteiger partial charge in [-0.25, -0.2) is 15.2 Å². The summed E-state index contributed by atoms with van der Waals surface area (Å²) in [7, 11) is 1.53. The van der Waals surface area contributed by atoms with Crippen LogP contribution in [0.5, 0.6) is 0 Å². The second kappa shape index (κ2) is 6.64. The SMILES string of the molecule is CCc1ccc(N2CCn3c2nc2c3c(=O)n(CC(=O)NN)c(=O)n2C)cc1. The Labute approximate surface area is 159 Å². The highest BCUT2D eigenvalue weighted by atomic mass is 16.2. The standard InChI is InChI=1S/C18H21N7O3/c1-3-11-4-6-12(7-5-11)23-8-9-24-14-15(20-17(23)24)22(2)18(28)25(16(14)27)10-13(26)21-19/h4-7H,3,8-10,19H2,1-2H3,(H,21,26). The molecule has 0 atom stereocenters. The maximum absolute atomic E-state index is 12.9. The average Bonchev–Trinajstić information content (AvgIpc) is 3.29. The van der Waals surface area contributed by atoms with Gasteiger partial charge in [0.05, 0.1) is 0 Å². The Balaban J connectivity index is 1.88. The molecule has 0 saturated heterocycles. The van der Waals surface area contributed by atoms with Crippen LogP contribution in [0.4, 0.5) is 11.6 Å². The van der Waals surface area contributed by atoms with Gasteiger partial charge < -0.3 is 9.47 Å². The zero-order chi connectivity index (χ0) is 20.0. The Kier molecular flexibility index (Phi) is 4.27. The molecule has 1 aliphatic heterocycles. The first-order valence-corrected chi connectivity index (χ1v) is 9.02. The summed E-state index contributed by atoms with van der Waals surface area (Å²) < 4.78 is 3.95. The lowest BCUT2D eigenvalue weighted by atomic mass is 10.1. The predicted octanol–water partition coefficient (Wildman–Crippen LogP) is -0.399. The fraction of sp³-hybridized carbons (Fsp3) is 0.333. The molecule has 1 aliphatic rings. The molecule has 0 unspecified atom stereocenters. The Hall–Kier alpha value is -3.40. The van der Waals surface area contributed by atoms with Crippen molar-refractivity contribution in [3.63, 3.8) is 0 Å². The fourth-order valence-corrected chi connectivity index (χ4v) is 3.56. The Morgan fingerprint density at radius 3 is 2.57 bits per heavy atom. The minimum atomic E-state index is -0.627. The van der Waals surface area contributed by atoms with Crippen LogP contribution < -0.4 is 27.4 Å². The number of carbonyl (C=O) groups excluding carboxylic acids is 1. The highest BCUT2D eigenvalue weighted by molar-refractivity contribution is 5.79. The van der Waals surface area contributed by atoms with Gasteiger partial charge in [-0.05, 0) is 24.1 Å². The van der Waals surface area contributed by atoms with Crippen LogP contribution >= 0.6 is 0 Å². The number of hydrogen-bond acceptors (Lipinski definition) is 6. The first kappa shape index (κ1) is 18.0. The van der Waals surface area contributed by atoms with Gasteiger partial charge in [0.1, 0.15) is 6.54 Å². The molecule has 0 bridgehead atoms. The zero-order valence-corrected chi connectivity index (χ0v) is 15.7. The van der Waals surface area contributed by atoms with E-state index in [-0.39, 0.29) is 0 Å². The fourth-order valence-electron chi connectivity index (χ4n) is 3.56. The molecule has 3 aromatic rings. The molecule has 2 aromatic heterocycles. The van der Waals surface area contributed by atoms with Crippen molar-refractivity contribution >= 4 is 28.7 Å². The van der Waals surface area contributed by atoms with Crippen molar-refractivity contribution in [1.82, 2.24) is 24.1 Å². The van der Waals surface area contributed by atoms with E-state index in [1.165, 1.54) is 17.2 Å². The highest BCUT2D eigenvalue weighted by Crippen LogP contribution is 2.31. The Morgan fingerprint density at radius 1 is 1.21 bits per heavy atom. The third-order valence-electron chi connectivity index (χ3n) is 5.12. The number of aromatic nitrogens is 4. The third-order valence-corrected chi connectivity index (χ3v) is 5.12. The summed E-state index contributed by atoms with van der Waals surface area (Å²) in [6.07, 6.45) is 0.955. The number of hydrogen-bond donors (Lipinski definition) is 2. The number of carbonyl (C=O) groups is 1. The van der Waals surface area contributed by atoms with Gasteiger partial charge in [0.25, 0.3) is 11.5 Å².